The maximum absolute atomic E-state index is 13.5. The molecule has 1 heterocycles. The Bertz CT molecular complexity index is 609. The molecule has 1 amide bonds. The van der Waals surface area contributed by atoms with E-state index in [0.29, 0.717) is 5.75 Å². The molecule has 0 fully saturated rings. The van der Waals surface area contributed by atoms with Crippen LogP contribution in [0.2, 0.25) is 0 Å². The largest absolute Gasteiger partial charge is 0.305 e. The molecule has 4 nitrogen and oxygen atoms in total. The zero-order valence-electron chi connectivity index (χ0n) is 11.0. The maximum atomic E-state index is 13.5. The van der Waals surface area contributed by atoms with Gasteiger partial charge < -0.3 is 0 Å². The summed E-state index contributed by atoms with van der Waals surface area (Å²) in [5, 5.41) is 0.841. The van der Waals surface area contributed by atoms with Gasteiger partial charge in [0.25, 0.3) is 0 Å². The number of thioether (sulfide) groups is 1. The van der Waals surface area contributed by atoms with Crippen LogP contribution in [0.4, 0.5) is 4.39 Å². The van der Waals surface area contributed by atoms with E-state index in [0.717, 1.165) is 19.6 Å². The van der Waals surface area contributed by atoms with Crippen LogP contribution in [-0.2, 0) is 9.63 Å². The van der Waals surface area contributed by atoms with E-state index in [1.54, 1.807) is 11.3 Å². The number of carbonyl (C=O) groups excluding carboxylic acids is 1. The van der Waals surface area contributed by atoms with Crippen molar-refractivity contribution in [3.05, 3.63) is 36.2 Å². The summed E-state index contributed by atoms with van der Waals surface area (Å²) >= 11 is 2.94. The number of amides is 1. The van der Waals surface area contributed by atoms with Crippen molar-refractivity contribution in [3.63, 3.8) is 0 Å². The molecular formula is C13H13FN2O2S2. The van der Waals surface area contributed by atoms with Crippen LogP contribution in [0.15, 0.2) is 40.5 Å². The smallest absolute Gasteiger partial charge is 0.274 e. The number of aromatic nitrogens is 1. The van der Waals surface area contributed by atoms with E-state index in [4.69, 9.17) is 0 Å². The highest BCUT2D eigenvalue weighted by Gasteiger charge is 2.13. The second kappa shape index (κ2) is 6.83. The lowest BCUT2D eigenvalue weighted by molar-refractivity contribution is -0.165. The zero-order valence-corrected chi connectivity index (χ0v) is 12.6. The summed E-state index contributed by atoms with van der Waals surface area (Å²) in [5.74, 6) is -1.28. The minimum Gasteiger partial charge on any atom is -0.274 e. The van der Waals surface area contributed by atoms with Crippen molar-refractivity contribution in [1.82, 2.24) is 10.0 Å². The first-order valence-electron chi connectivity index (χ1n) is 5.78. The highest BCUT2D eigenvalue weighted by atomic mass is 32.2. The van der Waals surface area contributed by atoms with Gasteiger partial charge in [-0.1, -0.05) is 23.9 Å². The van der Waals surface area contributed by atoms with Crippen LogP contribution in [0.3, 0.4) is 0 Å². The number of thiazole rings is 1. The first-order chi connectivity index (χ1) is 9.61. The molecule has 2 aromatic rings. The molecule has 0 radical (unpaired) electrons. The predicted octanol–water partition coefficient (Wildman–Crippen LogP) is 3.26. The Kier molecular flexibility index (Phi) is 5.11. The zero-order chi connectivity index (χ0) is 14.5. The molecule has 2 rings (SSSR count). The minimum absolute atomic E-state index is 0.342. The van der Waals surface area contributed by atoms with Crippen LogP contribution < -0.4 is 0 Å². The van der Waals surface area contributed by atoms with Gasteiger partial charge in [-0.3, -0.25) is 9.63 Å². The molecule has 0 aliphatic rings. The highest BCUT2D eigenvalue weighted by Crippen LogP contribution is 2.29. The summed E-state index contributed by atoms with van der Waals surface area (Å²) in [6.45, 7) is 0. The lowest BCUT2D eigenvalue weighted by atomic mass is 10.3. The van der Waals surface area contributed by atoms with E-state index >= 15 is 0 Å². The van der Waals surface area contributed by atoms with Gasteiger partial charge in [-0.2, -0.15) is 0 Å². The average molecular weight is 312 g/mol. The van der Waals surface area contributed by atoms with Gasteiger partial charge in [0.15, 0.2) is 10.2 Å². The molecule has 0 saturated carbocycles. The Morgan fingerprint density at radius 2 is 2.30 bits per heavy atom. The van der Waals surface area contributed by atoms with Gasteiger partial charge in [-0.25, -0.2) is 14.4 Å². The van der Waals surface area contributed by atoms with Crippen molar-refractivity contribution in [1.29, 1.82) is 0 Å². The standard InChI is InChI=1S/C13H13FN2O2S2/c1-16(18-2)12(17)9(14)7-8-19-13-15-10-5-3-4-6-11(10)20-13/h3-7H,8H2,1-2H3/b9-7-. The Morgan fingerprint density at radius 3 is 3.00 bits per heavy atom. The molecule has 0 bridgehead atoms. The Hall–Kier alpha value is -1.44. The highest BCUT2D eigenvalue weighted by molar-refractivity contribution is 8.01. The Labute approximate surface area is 124 Å². The first-order valence-corrected chi connectivity index (χ1v) is 7.58. The monoisotopic (exact) mass is 312 g/mol. The second-order valence-electron chi connectivity index (χ2n) is 3.80. The summed E-state index contributed by atoms with van der Waals surface area (Å²) in [4.78, 5) is 20.4. The minimum atomic E-state index is -0.831. The molecule has 20 heavy (non-hydrogen) atoms. The van der Waals surface area contributed by atoms with E-state index in [-0.39, 0.29) is 0 Å². The van der Waals surface area contributed by atoms with Crippen LogP contribution >= 0.6 is 23.1 Å². The molecule has 0 atom stereocenters. The van der Waals surface area contributed by atoms with Crippen LogP contribution in [0.25, 0.3) is 10.2 Å². The number of hydroxylamine groups is 2. The summed E-state index contributed by atoms with van der Waals surface area (Å²) in [6, 6.07) is 7.80. The molecule has 0 aliphatic carbocycles. The fourth-order valence-corrected chi connectivity index (χ4v) is 3.36. The van der Waals surface area contributed by atoms with E-state index in [9.17, 15) is 9.18 Å². The maximum Gasteiger partial charge on any atom is 0.305 e. The number of hydrogen-bond donors (Lipinski definition) is 0. The summed E-state index contributed by atoms with van der Waals surface area (Å²) in [7, 11) is 2.66. The molecule has 1 aromatic heterocycles. The summed E-state index contributed by atoms with van der Waals surface area (Å²) in [5.41, 5.74) is 0.930. The third kappa shape index (κ3) is 3.56. The molecule has 0 aliphatic heterocycles. The van der Waals surface area contributed by atoms with Crippen molar-refractivity contribution in [2.45, 2.75) is 4.34 Å². The Morgan fingerprint density at radius 1 is 1.55 bits per heavy atom. The van der Waals surface area contributed by atoms with Crippen LogP contribution in [0.1, 0.15) is 0 Å². The van der Waals surface area contributed by atoms with Crippen molar-refractivity contribution in [2.24, 2.45) is 0 Å². The van der Waals surface area contributed by atoms with Crippen molar-refractivity contribution < 1.29 is 14.0 Å². The van der Waals surface area contributed by atoms with Crippen molar-refractivity contribution >= 4 is 39.2 Å². The number of benzene rings is 1. The molecule has 0 N–H and O–H groups in total. The van der Waals surface area contributed by atoms with Gasteiger partial charge in [0.2, 0.25) is 0 Å². The number of rotatable bonds is 5. The van der Waals surface area contributed by atoms with Gasteiger partial charge >= 0.3 is 5.91 Å². The van der Waals surface area contributed by atoms with Gasteiger partial charge in [0.05, 0.1) is 17.3 Å². The molecular weight excluding hydrogens is 299 g/mol. The van der Waals surface area contributed by atoms with Crippen LogP contribution in [-0.4, -0.2) is 35.9 Å². The number of fused-ring (bicyclic) bond motifs is 1. The van der Waals surface area contributed by atoms with Crippen molar-refractivity contribution in [2.75, 3.05) is 19.9 Å². The van der Waals surface area contributed by atoms with E-state index in [2.05, 4.69) is 9.82 Å². The second-order valence-corrected chi connectivity index (χ2v) is 6.09. The Balaban J connectivity index is 1.96. The molecule has 106 valence electrons. The lowest BCUT2D eigenvalue weighted by Gasteiger charge is -2.11. The SMILES string of the molecule is CON(C)C(=O)/C(F)=C/CSc1nc2ccccc2s1. The number of para-hydroxylation sites is 1. The normalized spacial score (nSPS) is 11.8. The quantitative estimate of drug-likeness (QED) is 0.483. The topological polar surface area (TPSA) is 42.4 Å². The van der Waals surface area contributed by atoms with Crippen molar-refractivity contribution in [3.8, 4) is 0 Å². The molecule has 0 spiro atoms. The molecule has 7 heteroatoms. The predicted molar refractivity (Wildman–Crippen MR) is 79.3 cm³/mol. The van der Waals surface area contributed by atoms with Crippen LogP contribution in [0, 0.1) is 0 Å². The summed E-state index contributed by atoms with van der Waals surface area (Å²) < 4.78 is 15.4. The fraction of sp³-hybridized carbons (Fsp3) is 0.231. The summed E-state index contributed by atoms with van der Waals surface area (Å²) in [6.07, 6.45) is 1.23. The first kappa shape index (κ1) is 15.0. The third-order valence-electron chi connectivity index (χ3n) is 2.51. The van der Waals surface area contributed by atoms with E-state index in [1.807, 2.05) is 24.3 Å². The lowest BCUT2D eigenvalue weighted by Crippen LogP contribution is -2.25. The van der Waals surface area contributed by atoms with Gasteiger partial charge in [0.1, 0.15) is 0 Å². The average Bonchev–Trinajstić information content (AvgIpc) is 2.88. The van der Waals surface area contributed by atoms with E-state index in [1.165, 1.54) is 32.0 Å². The number of hydrogen-bond acceptors (Lipinski definition) is 5. The molecule has 0 unspecified atom stereocenters. The van der Waals surface area contributed by atoms with E-state index < -0.39 is 11.7 Å². The third-order valence-corrected chi connectivity index (χ3v) is 4.61. The molecule has 1 aromatic carbocycles. The van der Waals surface area contributed by atoms with Gasteiger partial charge in [-0.05, 0) is 18.2 Å². The van der Waals surface area contributed by atoms with Crippen LogP contribution in [0.5, 0.6) is 0 Å². The number of nitrogens with zero attached hydrogens (tertiary/aromatic N) is 2. The fourth-order valence-electron chi connectivity index (χ4n) is 1.42. The molecule has 0 saturated heterocycles. The number of halogens is 1. The van der Waals surface area contributed by atoms with Gasteiger partial charge in [0, 0.05) is 12.8 Å². The number of carbonyl (C=O) groups is 1. The number of likely N-dealkylation sites (N-methyl/N-ethyl adjacent to an activating group) is 1. The van der Waals surface area contributed by atoms with Gasteiger partial charge in [-0.15, -0.1) is 11.3 Å².